The lowest BCUT2D eigenvalue weighted by molar-refractivity contribution is 0.0169. The van der Waals surface area contributed by atoms with Crippen molar-refractivity contribution in [3.63, 3.8) is 0 Å². The van der Waals surface area contributed by atoms with E-state index in [4.69, 9.17) is 4.74 Å². The van der Waals surface area contributed by atoms with Gasteiger partial charge in [0.2, 0.25) is 0 Å². The Hall–Kier alpha value is -1.99. The average molecular weight is 399 g/mol. The number of ether oxygens (including phenoxy) is 1. The third kappa shape index (κ3) is 4.30. The van der Waals surface area contributed by atoms with E-state index in [0.717, 1.165) is 42.3 Å². The van der Waals surface area contributed by atoms with E-state index in [2.05, 4.69) is 27.7 Å². The fourth-order valence-corrected chi connectivity index (χ4v) is 5.07. The Morgan fingerprint density at radius 3 is 2.59 bits per heavy atom. The topological polar surface area (TPSA) is 41.6 Å². The number of benzene rings is 1. The Kier molecular flexibility index (Phi) is 5.99. The summed E-state index contributed by atoms with van der Waals surface area (Å²) in [6.45, 7) is 3.89. The molecule has 1 aliphatic rings. The Bertz CT molecular complexity index is 855. The van der Waals surface area contributed by atoms with Gasteiger partial charge in [0.1, 0.15) is 0 Å². The molecule has 140 valence electrons. The van der Waals surface area contributed by atoms with Crippen LogP contribution in [0.1, 0.15) is 20.6 Å². The van der Waals surface area contributed by atoms with Gasteiger partial charge < -0.3 is 10.1 Å². The van der Waals surface area contributed by atoms with Crippen LogP contribution in [0.2, 0.25) is 0 Å². The van der Waals surface area contributed by atoms with Gasteiger partial charge in [0, 0.05) is 30.1 Å². The van der Waals surface area contributed by atoms with Crippen LogP contribution in [0.4, 0.5) is 0 Å². The van der Waals surface area contributed by atoms with E-state index in [0.29, 0.717) is 6.54 Å². The minimum atomic E-state index is -0.00123. The molecular formula is C21H22N2O2S2. The molecule has 1 amide bonds. The molecule has 0 spiro atoms. The summed E-state index contributed by atoms with van der Waals surface area (Å²) >= 11 is 3.24. The molecule has 1 aliphatic heterocycles. The quantitative estimate of drug-likeness (QED) is 0.674. The van der Waals surface area contributed by atoms with Gasteiger partial charge in [-0.05, 0) is 28.5 Å². The lowest BCUT2D eigenvalue weighted by Crippen LogP contribution is -2.43. The number of nitrogens with one attached hydrogen (secondary N) is 1. The molecule has 6 heteroatoms. The van der Waals surface area contributed by atoms with Crippen LogP contribution < -0.4 is 5.32 Å². The predicted octanol–water partition coefficient (Wildman–Crippen LogP) is 4.28. The molecule has 0 aliphatic carbocycles. The second-order valence-electron chi connectivity index (χ2n) is 6.42. The number of rotatable bonds is 6. The van der Waals surface area contributed by atoms with Gasteiger partial charge in [-0.15, -0.1) is 22.7 Å². The van der Waals surface area contributed by atoms with Gasteiger partial charge in [-0.1, -0.05) is 36.4 Å². The Balaban J connectivity index is 1.48. The van der Waals surface area contributed by atoms with Gasteiger partial charge in [0.15, 0.2) is 0 Å². The Morgan fingerprint density at radius 2 is 1.85 bits per heavy atom. The Morgan fingerprint density at radius 1 is 1.04 bits per heavy atom. The van der Waals surface area contributed by atoms with Crippen molar-refractivity contribution in [2.24, 2.45) is 0 Å². The highest BCUT2D eigenvalue weighted by Crippen LogP contribution is 2.29. The molecular weight excluding hydrogens is 376 g/mol. The van der Waals surface area contributed by atoms with Crippen molar-refractivity contribution in [3.8, 4) is 11.1 Å². The molecule has 1 fully saturated rings. The molecule has 3 aromatic rings. The maximum absolute atomic E-state index is 12.9. The van der Waals surface area contributed by atoms with E-state index in [9.17, 15) is 4.79 Å². The number of hydrogen-bond donors (Lipinski definition) is 1. The fraction of sp³-hybridized carbons (Fsp3) is 0.286. The maximum Gasteiger partial charge on any atom is 0.262 e. The highest BCUT2D eigenvalue weighted by atomic mass is 32.1. The van der Waals surface area contributed by atoms with E-state index in [-0.39, 0.29) is 11.9 Å². The van der Waals surface area contributed by atoms with Crippen molar-refractivity contribution in [1.29, 1.82) is 0 Å². The monoisotopic (exact) mass is 398 g/mol. The standard InChI is InChI=1S/C21H22N2O2S2/c24-21(20-17(8-14-27-20)16-5-2-1-3-6-16)22-15-18(19-7-4-13-26-19)23-9-11-25-12-10-23/h1-8,13-14,18H,9-12,15H2,(H,22,24). The first kappa shape index (κ1) is 18.4. The van der Waals surface area contributed by atoms with Crippen molar-refractivity contribution in [2.45, 2.75) is 6.04 Å². The summed E-state index contributed by atoms with van der Waals surface area (Å²) in [5.41, 5.74) is 2.07. The van der Waals surface area contributed by atoms with Crippen LogP contribution in [0.5, 0.6) is 0 Å². The maximum atomic E-state index is 12.9. The zero-order valence-electron chi connectivity index (χ0n) is 15.0. The second kappa shape index (κ2) is 8.80. The van der Waals surface area contributed by atoms with Crippen LogP contribution in [-0.2, 0) is 4.74 Å². The van der Waals surface area contributed by atoms with Crippen molar-refractivity contribution in [1.82, 2.24) is 10.2 Å². The summed E-state index contributed by atoms with van der Waals surface area (Å²) in [4.78, 5) is 17.4. The summed E-state index contributed by atoms with van der Waals surface area (Å²) in [6.07, 6.45) is 0. The van der Waals surface area contributed by atoms with E-state index in [1.807, 2.05) is 41.8 Å². The average Bonchev–Trinajstić information content (AvgIpc) is 3.42. The molecule has 0 saturated carbocycles. The third-order valence-corrected chi connectivity index (χ3v) is 6.66. The van der Waals surface area contributed by atoms with Crippen LogP contribution in [0.15, 0.2) is 59.3 Å². The minimum Gasteiger partial charge on any atom is -0.379 e. The van der Waals surface area contributed by atoms with E-state index in [1.165, 1.54) is 16.2 Å². The first-order valence-corrected chi connectivity index (χ1v) is 10.8. The summed E-state index contributed by atoms with van der Waals surface area (Å²) in [6, 6.07) is 16.5. The largest absolute Gasteiger partial charge is 0.379 e. The van der Waals surface area contributed by atoms with E-state index < -0.39 is 0 Å². The van der Waals surface area contributed by atoms with Crippen LogP contribution >= 0.6 is 22.7 Å². The number of carbonyl (C=O) groups is 1. The molecule has 1 N–H and O–H groups in total. The van der Waals surface area contributed by atoms with Gasteiger partial charge in [-0.2, -0.15) is 0 Å². The van der Waals surface area contributed by atoms with Crippen LogP contribution in [-0.4, -0.2) is 43.7 Å². The molecule has 4 nitrogen and oxygen atoms in total. The van der Waals surface area contributed by atoms with Crippen molar-refractivity contribution in [3.05, 3.63) is 69.0 Å². The number of amides is 1. The van der Waals surface area contributed by atoms with Crippen molar-refractivity contribution in [2.75, 3.05) is 32.8 Å². The normalized spacial score (nSPS) is 16.1. The first-order chi connectivity index (χ1) is 13.3. The SMILES string of the molecule is O=C(NCC(c1cccs1)N1CCOCC1)c1sccc1-c1ccccc1. The molecule has 0 bridgehead atoms. The minimum absolute atomic E-state index is 0.00123. The highest BCUT2D eigenvalue weighted by Gasteiger charge is 2.24. The number of carbonyl (C=O) groups excluding carboxylic acids is 1. The third-order valence-electron chi connectivity index (χ3n) is 4.77. The van der Waals surface area contributed by atoms with Gasteiger partial charge in [0.25, 0.3) is 5.91 Å². The number of nitrogens with zero attached hydrogens (tertiary/aromatic N) is 1. The first-order valence-electron chi connectivity index (χ1n) is 9.09. The zero-order chi connectivity index (χ0) is 18.5. The predicted molar refractivity (Wildman–Crippen MR) is 112 cm³/mol. The molecule has 0 radical (unpaired) electrons. The van der Waals surface area contributed by atoms with Crippen LogP contribution in [0.25, 0.3) is 11.1 Å². The van der Waals surface area contributed by atoms with Crippen LogP contribution in [0.3, 0.4) is 0 Å². The molecule has 1 unspecified atom stereocenters. The van der Waals surface area contributed by atoms with E-state index >= 15 is 0 Å². The zero-order valence-corrected chi connectivity index (χ0v) is 16.6. The van der Waals surface area contributed by atoms with Crippen molar-refractivity contribution >= 4 is 28.6 Å². The molecule has 1 atom stereocenters. The molecule has 4 rings (SSSR count). The van der Waals surface area contributed by atoms with Gasteiger partial charge in [-0.25, -0.2) is 0 Å². The summed E-state index contributed by atoms with van der Waals surface area (Å²) < 4.78 is 5.49. The van der Waals surface area contributed by atoms with E-state index in [1.54, 1.807) is 11.3 Å². The lowest BCUT2D eigenvalue weighted by atomic mass is 10.1. The van der Waals surface area contributed by atoms with Gasteiger partial charge >= 0.3 is 0 Å². The molecule has 2 aromatic heterocycles. The highest BCUT2D eigenvalue weighted by molar-refractivity contribution is 7.12. The molecule has 1 saturated heterocycles. The number of hydrogen-bond acceptors (Lipinski definition) is 5. The smallest absolute Gasteiger partial charge is 0.262 e. The lowest BCUT2D eigenvalue weighted by Gasteiger charge is -2.34. The fourth-order valence-electron chi connectivity index (χ4n) is 3.38. The van der Waals surface area contributed by atoms with Gasteiger partial charge in [0.05, 0.1) is 24.1 Å². The summed E-state index contributed by atoms with van der Waals surface area (Å²) in [5.74, 6) is -0.00123. The number of morpholine rings is 1. The number of thiophene rings is 2. The molecule has 27 heavy (non-hydrogen) atoms. The summed E-state index contributed by atoms with van der Waals surface area (Å²) in [7, 11) is 0. The second-order valence-corrected chi connectivity index (χ2v) is 8.31. The Labute approximate surface area is 167 Å². The molecule has 1 aromatic carbocycles. The summed E-state index contributed by atoms with van der Waals surface area (Å²) in [5, 5.41) is 7.25. The van der Waals surface area contributed by atoms with Gasteiger partial charge in [-0.3, -0.25) is 9.69 Å². The van der Waals surface area contributed by atoms with Crippen LogP contribution in [0, 0.1) is 0 Å². The molecule has 3 heterocycles. The van der Waals surface area contributed by atoms with Crippen molar-refractivity contribution < 1.29 is 9.53 Å².